The van der Waals surface area contributed by atoms with Gasteiger partial charge in [0, 0.05) is 19.4 Å². The van der Waals surface area contributed by atoms with Gasteiger partial charge in [-0.3, -0.25) is 4.90 Å². The summed E-state index contributed by atoms with van der Waals surface area (Å²) in [6.07, 6.45) is 3.65. The Labute approximate surface area is 125 Å². The highest BCUT2D eigenvalue weighted by molar-refractivity contribution is 5.77. The second-order valence-corrected chi connectivity index (χ2v) is 4.93. The Bertz CT molecular complexity index is 580. The molecule has 5 heteroatoms. The number of ether oxygens (including phenoxy) is 1. The minimum Gasteiger partial charge on any atom is -0.465 e. The highest BCUT2D eigenvalue weighted by Crippen LogP contribution is 2.22. The fourth-order valence-electron chi connectivity index (χ4n) is 2.29. The molecule has 1 aromatic heterocycles. The number of aromatic nitrogens is 2. The maximum absolute atomic E-state index is 12.3. The summed E-state index contributed by atoms with van der Waals surface area (Å²) >= 11 is 0. The molecular formula is C16H21N3O2. The standard InChI is InChI=1S/C16H21N3O2/c1-4-21-16(20)15(13-8-6-5-7-9-13)19(3)12-14-17-10-11-18(14)2/h5-11,15H,4,12H2,1-3H3. The summed E-state index contributed by atoms with van der Waals surface area (Å²) in [5, 5.41) is 0. The van der Waals surface area contributed by atoms with Crippen LogP contribution >= 0.6 is 0 Å². The summed E-state index contributed by atoms with van der Waals surface area (Å²) in [7, 11) is 3.85. The zero-order valence-corrected chi connectivity index (χ0v) is 12.7. The van der Waals surface area contributed by atoms with E-state index in [-0.39, 0.29) is 5.97 Å². The maximum Gasteiger partial charge on any atom is 0.328 e. The van der Waals surface area contributed by atoms with Crippen LogP contribution in [0.15, 0.2) is 42.7 Å². The quantitative estimate of drug-likeness (QED) is 0.764. The number of hydrogen-bond donors (Lipinski definition) is 0. The molecule has 0 aliphatic carbocycles. The zero-order chi connectivity index (χ0) is 15.2. The lowest BCUT2D eigenvalue weighted by Crippen LogP contribution is -2.32. The zero-order valence-electron chi connectivity index (χ0n) is 12.7. The number of esters is 1. The Hall–Kier alpha value is -2.14. The van der Waals surface area contributed by atoms with Gasteiger partial charge in [0.1, 0.15) is 11.9 Å². The van der Waals surface area contributed by atoms with Crippen molar-refractivity contribution in [1.29, 1.82) is 0 Å². The summed E-state index contributed by atoms with van der Waals surface area (Å²) in [6, 6.07) is 9.24. The van der Waals surface area contributed by atoms with Crippen molar-refractivity contribution in [2.45, 2.75) is 19.5 Å². The Morgan fingerprint density at radius 1 is 1.38 bits per heavy atom. The van der Waals surface area contributed by atoms with Crippen LogP contribution in [0.4, 0.5) is 0 Å². The van der Waals surface area contributed by atoms with Gasteiger partial charge in [-0.15, -0.1) is 0 Å². The highest BCUT2D eigenvalue weighted by Gasteiger charge is 2.27. The molecule has 2 aromatic rings. The second kappa shape index (κ2) is 7.04. The molecule has 0 saturated heterocycles. The molecular weight excluding hydrogens is 266 g/mol. The third kappa shape index (κ3) is 3.70. The molecule has 0 spiro atoms. The average molecular weight is 287 g/mol. The number of nitrogens with zero attached hydrogens (tertiary/aromatic N) is 3. The molecule has 5 nitrogen and oxygen atoms in total. The number of rotatable bonds is 6. The van der Waals surface area contributed by atoms with Crippen molar-refractivity contribution in [3.8, 4) is 0 Å². The van der Waals surface area contributed by atoms with Crippen molar-refractivity contribution in [3.63, 3.8) is 0 Å². The summed E-state index contributed by atoms with van der Waals surface area (Å²) in [5.74, 6) is 0.670. The van der Waals surface area contributed by atoms with E-state index in [1.807, 2.05) is 67.0 Å². The molecule has 0 aliphatic rings. The summed E-state index contributed by atoms with van der Waals surface area (Å²) < 4.78 is 7.17. The van der Waals surface area contributed by atoms with Crippen LogP contribution in [-0.2, 0) is 23.1 Å². The van der Waals surface area contributed by atoms with Crippen LogP contribution in [0.2, 0.25) is 0 Å². The molecule has 0 N–H and O–H groups in total. The molecule has 2 rings (SSSR count). The SMILES string of the molecule is CCOC(=O)C(c1ccccc1)N(C)Cc1nccn1C. The Morgan fingerprint density at radius 2 is 2.10 bits per heavy atom. The lowest BCUT2D eigenvalue weighted by Gasteiger charge is -2.26. The van der Waals surface area contributed by atoms with E-state index in [0.717, 1.165) is 11.4 Å². The molecule has 1 heterocycles. The third-order valence-corrected chi connectivity index (χ3v) is 3.38. The average Bonchev–Trinajstić information content (AvgIpc) is 2.86. The van der Waals surface area contributed by atoms with Gasteiger partial charge in [0.05, 0.1) is 13.2 Å². The predicted molar refractivity (Wildman–Crippen MR) is 80.5 cm³/mol. The van der Waals surface area contributed by atoms with Gasteiger partial charge >= 0.3 is 5.97 Å². The second-order valence-electron chi connectivity index (χ2n) is 4.93. The first-order valence-electron chi connectivity index (χ1n) is 7.01. The van der Waals surface area contributed by atoms with Gasteiger partial charge in [-0.05, 0) is 19.5 Å². The van der Waals surface area contributed by atoms with Gasteiger partial charge < -0.3 is 9.30 Å². The van der Waals surface area contributed by atoms with Gasteiger partial charge in [0.15, 0.2) is 0 Å². The molecule has 0 bridgehead atoms. The van der Waals surface area contributed by atoms with Crippen molar-refractivity contribution in [3.05, 3.63) is 54.1 Å². The summed E-state index contributed by atoms with van der Waals surface area (Å²) in [5.41, 5.74) is 0.924. The number of aryl methyl sites for hydroxylation is 1. The molecule has 0 radical (unpaired) electrons. The lowest BCUT2D eigenvalue weighted by atomic mass is 10.1. The first-order chi connectivity index (χ1) is 10.1. The van der Waals surface area contributed by atoms with E-state index in [4.69, 9.17) is 4.74 Å². The summed E-state index contributed by atoms with van der Waals surface area (Å²) in [4.78, 5) is 18.6. The maximum atomic E-state index is 12.3. The number of benzene rings is 1. The fourth-order valence-corrected chi connectivity index (χ4v) is 2.29. The molecule has 112 valence electrons. The van der Waals surface area contributed by atoms with E-state index < -0.39 is 6.04 Å². The van der Waals surface area contributed by atoms with E-state index in [1.165, 1.54) is 0 Å². The van der Waals surface area contributed by atoms with Crippen molar-refractivity contribution in [2.75, 3.05) is 13.7 Å². The molecule has 0 fully saturated rings. The number of imidazole rings is 1. The minimum atomic E-state index is -0.428. The topological polar surface area (TPSA) is 47.4 Å². The molecule has 0 saturated carbocycles. The first kappa shape index (κ1) is 15.3. The van der Waals surface area contributed by atoms with Gasteiger partial charge in [-0.25, -0.2) is 9.78 Å². The lowest BCUT2D eigenvalue weighted by molar-refractivity contribution is -0.149. The fraction of sp³-hybridized carbons (Fsp3) is 0.375. The normalized spacial score (nSPS) is 12.4. The van der Waals surface area contributed by atoms with E-state index in [2.05, 4.69) is 4.98 Å². The summed E-state index contributed by atoms with van der Waals surface area (Å²) in [6.45, 7) is 2.76. The third-order valence-electron chi connectivity index (χ3n) is 3.38. The highest BCUT2D eigenvalue weighted by atomic mass is 16.5. The van der Waals surface area contributed by atoms with Gasteiger partial charge in [-0.1, -0.05) is 30.3 Å². The number of carbonyl (C=O) groups excluding carboxylic acids is 1. The van der Waals surface area contributed by atoms with Crippen molar-refractivity contribution in [1.82, 2.24) is 14.5 Å². The van der Waals surface area contributed by atoms with Gasteiger partial charge in [-0.2, -0.15) is 0 Å². The van der Waals surface area contributed by atoms with Crippen LogP contribution in [0.1, 0.15) is 24.4 Å². The van der Waals surface area contributed by atoms with E-state index in [0.29, 0.717) is 13.2 Å². The Kier molecular flexibility index (Phi) is 5.11. The minimum absolute atomic E-state index is 0.236. The molecule has 1 unspecified atom stereocenters. The van der Waals surface area contributed by atoms with Crippen molar-refractivity contribution < 1.29 is 9.53 Å². The molecule has 0 aliphatic heterocycles. The van der Waals surface area contributed by atoms with Crippen LogP contribution in [0.3, 0.4) is 0 Å². The predicted octanol–water partition coefficient (Wildman–Crippen LogP) is 2.16. The Morgan fingerprint density at radius 3 is 2.67 bits per heavy atom. The first-order valence-corrected chi connectivity index (χ1v) is 7.01. The van der Waals surface area contributed by atoms with Crippen molar-refractivity contribution >= 4 is 5.97 Å². The molecule has 0 amide bonds. The molecule has 21 heavy (non-hydrogen) atoms. The monoisotopic (exact) mass is 287 g/mol. The molecule has 1 aromatic carbocycles. The smallest absolute Gasteiger partial charge is 0.328 e. The van der Waals surface area contributed by atoms with E-state index >= 15 is 0 Å². The largest absolute Gasteiger partial charge is 0.465 e. The van der Waals surface area contributed by atoms with Gasteiger partial charge in [0.25, 0.3) is 0 Å². The van der Waals surface area contributed by atoms with E-state index in [9.17, 15) is 4.79 Å². The number of hydrogen-bond acceptors (Lipinski definition) is 4. The van der Waals surface area contributed by atoms with Crippen molar-refractivity contribution in [2.24, 2.45) is 7.05 Å². The Balaban J connectivity index is 2.22. The number of likely N-dealkylation sites (N-methyl/N-ethyl adjacent to an activating group) is 1. The molecule has 1 atom stereocenters. The van der Waals surface area contributed by atoms with E-state index in [1.54, 1.807) is 6.20 Å². The van der Waals surface area contributed by atoms with Crippen LogP contribution in [-0.4, -0.2) is 34.1 Å². The van der Waals surface area contributed by atoms with Crippen LogP contribution < -0.4 is 0 Å². The number of carbonyl (C=O) groups is 1. The van der Waals surface area contributed by atoms with Gasteiger partial charge in [0.2, 0.25) is 0 Å². The van der Waals surface area contributed by atoms with Crippen LogP contribution in [0, 0.1) is 0 Å². The van der Waals surface area contributed by atoms with Crippen LogP contribution in [0.25, 0.3) is 0 Å². The van der Waals surface area contributed by atoms with Crippen LogP contribution in [0.5, 0.6) is 0 Å².